The van der Waals surface area contributed by atoms with Gasteiger partial charge in [-0.2, -0.15) is 0 Å². The van der Waals surface area contributed by atoms with E-state index < -0.39 is 12.1 Å². The second-order valence-electron chi connectivity index (χ2n) is 8.69. The first-order chi connectivity index (χ1) is 19.7. The number of amides is 1. The number of hydrogen-bond acceptors (Lipinski definition) is 9. The van der Waals surface area contributed by atoms with Crippen molar-refractivity contribution in [3.63, 3.8) is 0 Å². The highest BCUT2D eigenvalue weighted by Crippen LogP contribution is 2.44. The van der Waals surface area contributed by atoms with Crippen LogP contribution in [0.25, 0.3) is 11.1 Å². The third kappa shape index (κ3) is 11.1. The van der Waals surface area contributed by atoms with Crippen LogP contribution in [0.3, 0.4) is 0 Å². The standard InChI is InChI=1S/C30H39NO9/c1-2-29(32)39-22-21-38-20-19-37-18-17-36-16-15-35-14-13-34-12-11-31-30(33)40-23-28-26-9-5-3-7-24(26)25-8-4-6-10-27(25)28/h2-10,28H,1,11-23H2,(H,31,33). The van der Waals surface area contributed by atoms with Crippen molar-refractivity contribution in [2.75, 3.05) is 85.8 Å². The van der Waals surface area contributed by atoms with Gasteiger partial charge in [0.05, 0.1) is 66.1 Å². The van der Waals surface area contributed by atoms with E-state index in [1.807, 2.05) is 24.3 Å². The zero-order valence-electron chi connectivity index (χ0n) is 22.8. The molecule has 0 fully saturated rings. The molecule has 218 valence electrons. The van der Waals surface area contributed by atoms with E-state index in [9.17, 15) is 9.59 Å². The zero-order chi connectivity index (χ0) is 28.3. The van der Waals surface area contributed by atoms with Crippen LogP contribution in [-0.2, 0) is 38.0 Å². The monoisotopic (exact) mass is 557 g/mol. The maximum atomic E-state index is 12.2. The van der Waals surface area contributed by atoms with Crippen LogP contribution < -0.4 is 5.32 Å². The SMILES string of the molecule is C=CC(=O)OCCOCCOCCOCCOCCOCCNC(=O)OCC1c2ccccc2-c2ccccc21. The molecule has 0 aliphatic heterocycles. The number of carbonyl (C=O) groups excluding carboxylic acids is 2. The van der Waals surface area contributed by atoms with E-state index >= 15 is 0 Å². The zero-order valence-corrected chi connectivity index (χ0v) is 22.8. The Labute approximate surface area is 235 Å². The summed E-state index contributed by atoms with van der Waals surface area (Å²) in [5.41, 5.74) is 4.76. The quantitative estimate of drug-likeness (QED) is 0.140. The number of esters is 1. The van der Waals surface area contributed by atoms with Gasteiger partial charge in [0, 0.05) is 18.5 Å². The third-order valence-electron chi connectivity index (χ3n) is 5.99. The summed E-state index contributed by atoms with van der Waals surface area (Å²) in [5, 5.41) is 2.73. The Bertz CT molecular complexity index is 1000. The van der Waals surface area contributed by atoms with Crippen molar-refractivity contribution in [2.45, 2.75) is 5.92 Å². The van der Waals surface area contributed by atoms with Crippen molar-refractivity contribution in [3.8, 4) is 11.1 Å². The Hall–Kier alpha value is -3.28. The fourth-order valence-corrected chi connectivity index (χ4v) is 4.12. The van der Waals surface area contributed by atoms with Crippen LogP contribution in [0.5, 0.6) is 0 Å². The van der Waals surface area contributed by atoms with E-state index in [0.29, 0.717) is 72.6 Å². The highest BCUT2D eigenvalue weighted by Gasteiger charge is 2.28. The summed E-state index contributed by atoms with van der Waals surface area (Å²) in [5.74, 6) is -0.426. The molecular formula is C30H39NO9. The Kier molecular flexibility index (Phi) is 14.8. The molecule has 3 rings (SSSR count). The van der Waals surface area contributed by atoms with Gasteiger partial charge in [-0.25, -0.2) is 9.59 Å². The van der Waals surface area contributed by atoms with Gasteiger partial charge in [-0.3, -0.25) is 0 Å². The van der Waals surface area contributed by atoms with Gasteiger partial charge in [-0.05, 0) is 22.3 Å². The van der Waals surface area contributed by atoms with Gasteiger partial charge in [0.25, 0.3) is 0 Å². The average molecular weight is 558 g/mol. The van der Waals surface area contributed by atoms with Crippen molar-refractivity contribution in [1.82, 2.24) is 5.32 Å². The van der Waals surface area contributed by atoms with Crippen LogP contribution >= 0.6 is 0 Å². The topological polar surface area (TPSA) is 111 Å². The fourth-order valence-electron chi connectivity index (χ4n) is 4.12. The highest BCUT2D eigenvalue weighted by molar-refractivity contribution is 5.81. The van der Waals surface area contributed by atoms with E-state index in [1.165, 1.54) is 22.3 Å². The predicted octanol–water partition coefficient (Wildman–Crippen LogP) is 3.34. The van der Waals surface area contributed by atoms with Crippen LogP contribution in [-0.4, -0.2) is 97.9 Å². The molecule has 1 N–H and O–H groups in total. The molecule has 0 saturated heterocycles. The summed E-state index contributed by atoms with van der Waals surface area (Å²) in [6, 6.07) is 16.5. The Balaban J connectivity index is 1.08. The maximum Gasteiger partial charge on any atom is 0.407 e. The average Bonchev–Trinajstić information content (AvgIpc) is 3.30. The van der Waals surface area contributed by atoms with E-state index in [2.05, 4.69) is 36.2 Å². The summed E-state index contributed by atoms with van der Waals surface area (Å²) >= 11 is 0. The number of ether oxygens (including phenoxy) is 7. The lowest BCUT2D eigenvalue weighted by molar-refractivity contribution is -0.139. The molecule has 1 aliphatic rings. The van der Waals surface area contributed by atoms with Gasteiger partial charge in [0.15, 0.2) is 0 Å². The number of nitrogens with one attached hydrogen (secondary N) is 1. The summed E-state index contributed by atoms with van der Waals surface area (Å²) < 4.78 is 37.3. The third-order valence-corrected chi connectivity index (χ3v) is 5.99. The molecule has 10 heteroatoms. The minimum absolute atomic E-state index is 0.0379. The molecule has 2 aromatic rings. The minimum atomic E-state index is -0.464. The van der Waals surface area contributed by atoms with Gasteiger partial charge >= 0.3 is 12.1 Å². The van der Waals surface area contributed by atoms with Crippen molar-refractivity contribution in [1.29, 1.82) is 0 Å². The van der Waals surface area contributed by atoms with Gasteiger partial charge < -0.3 is 38.5 Å². The number of carbonyl (C=O) groups is 2. The largest absolute Gasteiger partial charge is 0.460 e. The van der Waals surface area contributed by atoms with Gasteiger partial charge in [0.2, 0.25) is 0 Å². The Morgan fingerprint density at radius 3 is 1.60 bits per heavy atom. The summed E-state index contributed by atoms with van der Waals surface area (Å²) in [6.07, 6.45) is 0.654. The molecule has 10 nitrogen and oxygen atoms in total. The minimum Gasteiger partial charge on any atom is -0.460 e. The van der Waals surface area contributed by atoms with E-state index in [0.717, 1.165) is 6.08 Å². The molecule has 1 amide bonds. The Morgan fingerprint density at radius 1 is 0.650 bits per heavy atom. The summed E-state index contributed by atoms with van der Waals surface area (Å²) in [4.78, 5) is 23.0. The molecule has 0 atom stereocenters. The second kappa shape index (κ2) is 18.9. The van der Waals surface area contributed by atoms with Gasteiger partial charge in [-0.1, -0.05) is 55.1 Å². The second-order valence-corrected chi connectivity index (χ2v) is 8.69. The van der Waals surface area contributed by atoms with Gasteiger partial charge in [-0.15, -0.1) is 0 Å². The van der Waals surface area contributed by atoms with Crippen molar-refractivity contribution in [2.24, 2.45) is 0 Å². The van der Waals surface area contributed by atoms with Crippen molar-refractivity contribution in [3.05, 3.63) is 72.3 Å². The summed E-state index contributed by atoms with van der Waals surface area (Å²) in [6.45, 7) is 8.34. The number of rotatable bonds is 21. The molecule has 0 radical (unpaired) electrons. The van der Waals surface area contributed by atoms with Crippen LogP contribution in [0.4, 0.5) is 4.79 Å². The molecule has 1 aliphatic carbocycles. The molecule has 2 aromatic carbocycles. The summed E-state index contributed by atoms with van der Waals surface area (Å²) in [7, 11) is 0. The fraction of sp³-hybridized carbons (Fsp3) is 0.467. The first-order valence-corrected chi connectivity index (χ1v) is 13.5. The lowest BCUT2D eigenvalue weighted by Crippen LogP contribution is -2.29. The number of fused-ring (bicyclic) bond motifs is 3. The van der Waals surface area contributed by atoms with Crippen LogP contribution in [0.15, 0.2) is 61.2 Å². The lowest BCUT2D eigenvalue weighted by Gasteiger charge is -2.14. The highest BCUT2D eigenvalue weighted by atomic mass is 16.6. The lowest BCUT2D eigenvalue weighted by atomic mass is 9.98. The van der Waals surface area contributed by atoms with Crippen molar-refractivity contribution >= 4 is 12.1 Å². The first-order valence-electron chi connectivity index (χ1n) is 13.5. The molecule has 0 unspecified atom stereocenters. The van der Waals surface area contributed by atoms with Gasteiger partial charge in [0.1, 0.15) is 13.2 Å². The molecule has 0 heterocycles. The van der Waals surface area contributed by atoms with Crippen LogP contribution in [0.2, 0.25) is 0 Å². The van der Waals surface area contributed by atoms with Crippen LogP contribution in [0, 0.1) is 0 Å². The molecule has 0 spiro atoms. The molecular weight excluding hydrogens is 518 g/mol. The normalized spacial score (nSPS) is 12.0. The number of hydrogen-bond donors (Lipinski definition) is 1. The van der Waals surface area contributed by atoms with E-state index in [1.54, 1.807) is 0 Å². The van der Waals surface area contributed by atoms with Crippen molar-refractivity contribution < 1.29 is 42.7 Å². The Morgan fingerprint density at radius 2 is 1.10 bits per heavy atom. The molecule has 0 aromatic heterocycles. The van der Waals surface area contributed by atoms with Crippen LogP contribution in [0.1, 0.15) is 17.0 Å². The van der Waals surface area contributed by atoms with E-state index in [4.69, 9.17) is 33.2 Å². The molecule has 0 saturated carbocycles. The van der Waals surface area contributed by atoms with E-state index in [-0.39, 0.29) is 19.1 Å². The number of benzene rings is 2. The maximum absolute atomic E-state index is 12.2. The molecule has 0 bridgehead atoms. The number of alkyl carbamates (subject to hydrolysis) is 1. The first kappa shape index (κ1) is 31.3. The smallest absolute Gasteiger partial charge is 0.407 e. The predicted molar refractivity (Wildman–Crippen MR) is 148 cm³/mol. The molecule has 40 heavy (non-hydrogen) atoms.